The zero-order valence-corrected chi connectivity index (χ0v) is 14.6. The summed E-state index contributed by atoms with van der Waals surface area (Å²) in [7, 11) is -3.50. The molecule has 0 atom stereocenters. The van der Waals surface area contributed by atoms with E-state index >= 15 is 0 Å². The number of benzene rings is 1. The van der Waals surface area contributed by atoms with Gasteiger partial charge in [0.05, 0.1) is 4.90 Å². The Morgan fingerprint density at radius 2 is 1.76 bits per heavy atom. The highest BCUT2D eigenvalue weighted by molar-refractivity contribution is 7.89. The number of aromatic nitrogens is 3. The van der Waals surface area contributed by atoms with Crippen LogP contribution >= 0.6 is 0 Å². The monoisotopic (exact) mass is 357 g/mol. The molecule has 0 saturated carbocycles. The van der Waals surface area contributed by atoms with E-state index in [4.69, 9.17) is 0 Å². The summed E-state index contributed by atoms with van der Waals surface area (Å²) in [5.74, 6) is 1.37. The zero-order chi connectivity index (χ0) is 17.7. The first kappa shape index (κ1) is 17.1. The Morgan fingerprint density at radius 1 is 1.04 bits per heavy atom. The van der Waals surface area contributed by atoms with Crippen LogP contribution in [0.2, 0.25) is 0 Å². The van der Waals surface area contributed by atoms with Gasteiger partial charge in [-0.25, -0.2) is 23.1 Å². The number of rotatable bonds is 7. The van der Waals surface area contributed by atoms with Crippen molar-refractivity contribution < 1.29 is 8.42 Å². The van der Waals surface area contributed by atoms with Crippen molar-refractivity contribution in [2.45, 2.75) is 11.8 Å². The molecule has 2 N–H and O–H groups in total. The number of anilines is 1. The van der Waals surface area contributed by atoms with Crippen molar-refractivity contribution in [3.63, 3.8) is 0 Å². The van der Waals surface area contributed by atoms with Gasteiger partial charge in [-0.15, -0.1) is 0 Å². The van der Waals surface area contributed by atoms with Gasteiger partial charge in [-0.2, -0.15) is 0 Å². The number of aryl methyl sites for hydroxylation is 1. The lowest BCUT2D eigenvalue weighted by Gasteiger charge is -2.09. The summed E-state index contributed by atoms with van der Waals surface area (Å²) in [6.07, 6.45) is 5.25. The van der Waals surface area contributed by atoms with E-state index in [-0.39, 0.29) is 11.4 Å². The van der Waals surface area contributed by atoms with E-state index in [0.29, 0.717) is 12.4 Å². The molecule has 8 heteroatoms. The van der Waals surface area contributed by atoms with Gasteiger partial charge in [0.1, 0.15) is 18.0 Å². The SMILES string of the molecule is Cc1ccc(S(=O)(=O)NCCNc2cc(-n3cccc3)ncn2)cc1. The number of hydrogen-bond acceptors (Lipinski definition) is 5. The summed E-state index contributed by atoms with van der Waals surface area (Å²) >= 11 is 0. The van der Waals surface area contributed by atoms with E-state index in [1.54, 1.807) is 30.3 Å². The molecule has 2 aromatic heterocycles. The van der Waals surface area contributed by atoms with Gasteiger partial charge in [0, 0.05) is 31.5 Å². The first-order valence-corrected chi connectivity index (χ1v) is 9.28. The molecular weight excluding hydrogens is 338 g/mol. The maximum absolute atomic E-state index is 12.2. The molecule has 0 amide bonds. The van der Waals surface area contributed by atoms with Gasteiger partial charge in [0.15, 0.2) is 0 Å². The fourth-order valence-corrected chi connectivity index (χ4v) is 3.28. The predicted molar refractivity (Wildman–Crippen MR) is 96.2 cm³/mol. The Bertz CT molecular complexity index is 922. The Labute approximate surface area is 146 Å². The van der Waals surface area contributed by atoms with Crippen LogP contribution in [-0.4, -0.2) is 36.0 Å². The average Bonchev–Trinajstić information content (AvgIpc) is 3.14. The smallest absolute Gasteiger partial charge is 0.240 e. The van der Waals surface area contributed by atoms with Crippen LogP contribution in [0.3, 0.4) is 0 Å². The summed E-state index contributed by atoms with van der Waals surface area (Å²) in [5, 5.41) is 3.09. The molecule has 0 bridgehead atoms. The molecule has 0 fully saturated rings. The summed E-state index contributed by atoms with van der Waals surface area (Å²) in [6, 6.07) is 12.4. The second kappa shape index (κ2) is 7.45. The molecule has 3 aromatic rings. The number of hydrogen-bond donors (Lipinski definition) is 2. The third-order valence-corrected chi connectivity index (χ3v) is 5.05. The minimum Gasteiger partial charge on any atom is -0.369 e. The van der Waals surface area contributed by atoms with Gasteiger partial charge in [-0.1, -0.05) is 17.7 Å². The van der Waals surface area contributed by atoms with Crippen molar-refractivity contribution in [1.29, 1.82) is 0 Å². The van der Waals surface area contributed by atoms with Crippen LogP contribution in [-0.2, 0) is 10.0 Å². The highest BCUT2D eigenvalue weighted by Gasteiger charge is 2.12. The minimum atomic E-state index is -3.50. The third-order valence-electron chi connectivity index (χ3n) is 3.58. The van der Waals surface area contributed by atoms with Crippen molar-refractivity contribution in [2.24, 2.45) is 0 Å². The van der Waals surface area contributed by atoms with Crippen LogP contribution in [0.15, 0.2) is 66.1 Å². The second-order valence-corrected chi connectivity index (χ2v) is 7.26. The molecule has 0 saturated heterocycles. The van der Waals surface area contributed by atoms with E-state index in [0.717, 1.165) is 11.4 Å². The molecule has 3 rings (SSSR count). The summed E-state index contributed by atoms with van der Waals surface area (Å²) in [5.41, 5.74) is 1.02. The largest absolute Gasteiger partial charge is 0.369 e. The molecule has 0 aliphatic rings. The first-order chi connectivity index (χ1) is 12.0. The van der Waals surface area contributed by atoms with E-state index in [2.05, 4.69) is 20.0 Å². The van der Waals surface area contributed by atoms with Gasteiger partial charge in [-0.3, -0.25) is 0 Å². The van der Waals surface area contributed by atoms with Crippen molar-refractivity contribution in [2.75, 3.05) is 18.4 Å². The van der Waals surface area contributed by atoms with Gasteiger partial charge in [0.2, 0.25) is 10.0 Å². The maximum atomic E-state index is 12.2. The first-order valence-electron chi connectivity index (χ1n) is 7.80. The Kier molecular flexibility index (Phi) is 5.11. The van der Waals surface area contributed by atoms with Crippen LogP contribution < -0.4 is 10.0 Å². The molecule has 0 radical (unpaired) electrons. The number of nitrogens with zero attached hydrogens (tertiary/aromatic N) is 3. The van der Waals surface area contributed by atoms with Crippen LogP contribution in [0.4, 0.5) is 5.82 Å². The zero-order valence-electron chi connectivity index (χ0n) is 13.8. The molecule has 0 aliphatic heterocycles. The fourth-order valence-electron chi connectivity index (χ4n) is 2.25. The number of sulfonamides is 1. The lowest BCUT2D eigenvalue weighted by molar-refractivity contribution is 0.583. The maximum Gasteiger partial charge on any atom is 0.240 e. The molecule has 130 valence electrons. The molecule has 0 spiro atoms. The lowest BCUT2D eigenvalue weighted by Crippen LogP contribution is -2.29. The Hall–Kier alpha value is -2.71. The van der Waals surface area contributed by atoms with Crippen molar-refractivity contribution in [3.8, 4) is 5.82 Å². The second-order valence-electron chi connectivity index (χ2n) is 5.49. The molecule has 0 aliphatic carbocycles. The predicted octanol–water partition coefficient (Wildman–Crippen LogP) is 1.97. The van der Waals surface area contributed by atoms with Gasteiger partial charge in [0.25, 0.3) is 0 Å². The van der Waals surface area contributed by atoms with Gasteiger partial charge < -0.3 is 9.88 Å². The van der Waals surface area contributed by atoms with E-state index in [1.165, 1.54) is 6.33 Å². The molecule has 1 aromatic carbocycles. The fraction of sp³-hybridized carbons (Fsp3) is 0.176. The Morgan fingerprint density at radius 3 is 2.48 bits per heavy atom. The molecule has 0 unspecified atom stereocenters. The summed E-state index contributed by atoms with van der Waals surface area (Å²) < 4.78 is 28.8. The van der Waals surface area contributed by atoms with Crippen LogP contribution in [0.5, 0.6) is 0 Å². The van der Waals surface area contributed by atoms with Crippen LogP contribution in [0, 0.1) is 6.92 Å². The highest BCUT2D eigenvalue weighted by atomic mass is 32.2. The Balaban J connectivity index is 1.55. The highest BCUT2D eigenvalue weighted by Crippen LogP contribution is 2.10. The van der Waals surface area contributed by atoms with Gasteiger partial charge in [-0.05, 0) is 31.2 Å². The normalized spacial score (nSPS) is 11.4. The minimum absolute atomic E-state index is 0.249. The molecular formula is C17H19N5O2S. The molecule has 25 heavy (non-hydrogen) atoms. The van der Waals surface area contributed by atoms with E-state index in [1.807, 2.05) is 36.0 Å². The third kappa shape index (κ3) is 4.43. The number of nitrogens with one attached hydrogen (secondary N) is 2. The van der Waals surface area contributed by atoms with Crippen molar-refractivity contribution in [3.05, 3.63) is 66.7 Å². The standard InChI is InChI=1S/C17H19N5O2S/c1-14-4-6-15(7-5-14)25(23,24)21-9-8-18-16-12-17(20-13-19-16)22-10-2-3-11-22/h2-7,10-13,21H,8-9H2,1H3,(H,18,19,20). The quantitative estimate of drug-likeness (QED) is 0.631. The van der Waals surface area contributed by atoms with Crippen molar-refractivity contribution in [1.82, 2.24) is 19.3 Å². The lowest BCUT2D eigenvalue weighted by atomic mass is 10.2. The van der Waals surface area contributed by atoms with E-state index < -0.39 is 10.0 Å². The summed E-state index contributed by atoms with van der Waals surface area (Å²) in [6.45, 7) is 2.57. The topological polar surface area (TPSA) is 88.9 Å². The summed E-state index contributed by atoms with van der Waals surface area (Å²) in [4.78, 5) is 8.59. The average molecular weight is 357 g/mol. The van der Waals surface area contributed by atoms with Crippen LogP contribution in [0.25, 0.3) is 5.82 Å². The van der Waals surface area contributed by atoms with Gasteiger partial charge >= 0.3 is 0 Å². The van der Waals surface area contributed by atoms with E-state index in [9.17, 15) is 8.42 Å². The van der Waals surface area contributed by atoms with Crippen molar-refractivity contribution >= 4 is 15.8 Å². The molecule has 2 heterocycles. The molecule has 7 nitrogen and oxygen atoms in total. The van der Waals surface area contributed by atoms with Crippen LogP contribution in [0.1, 0.15) is 5.56 Å².